The standard InChI is InChI=1S/C3H5O5P/c4-1-3-2-7-9(5,6)8-3/h1,3H,2H2,(H,5,6). The summed E-state index contributed by atoms with van der Waals surface area (Å²) in [6.07, 6.45) is -0.448. The van der Waals surface area contributed by atoms with Crippen LogP contribution in [0, 0.1) is 0 Å². The molecule has 1 N–H and O–H groups in total. The lowest BCUT2D eigenvalue weighted by molar-refractivity contribution is -0.113. The average molecular weight is 152 g/mol. The molecule has 0 aromatic carbocycles. The Kier molecular flexibility index (Phi) is 1.68. The van der Waals surface area contributed by atoms with Gasteiger partial charge in [-0.15, -0.1) is 0 Å². The van der Waals surface area contributed by atoms with Crippen LogP contribution in [0.2, 0.25) is 0 Å². The first kappa shape index (κ1) is 6.89. The van der Waals surface area contributed by atoms with E-state index in [-0.39, 0.29) is 6.61 Å². The Morgan fingerprint density at radius 1 is 1.78 bits per heavy atom. The SMILES string of the molecule is O=CC1COP(=O)(O)O1. The van der Waals surface area contributed by atoms with Crippen molar-refractivity contribution in [1.82, 2.24) is 0 Å². The highest BCUT2D eigenvalue weighted by molar-refractivity contribution is 7.47. The molecule has 1 fully saturated rings. The second-order valence-corrected chi connectivity index (χ2v) is 2.95. The quantitative estimate of drug-likeness (QED) is 0.412. The lowest BCUT2D eigenvalue weighted by atomic mass is 10.4. The maximum atomic E-state index is 10.3. The third kappa shape index (κ3) is 1.59. The smallest absolute Gasteiger partial charge is 0.302 e. The molecular formula is C3H5O5P. The molecule has 0 amide bonds. The Labute approximate surface area is 51.2 Å². The molecule has 1 rings (SSSR count). The summed E-state index contributed by atoms with van der Waals surface area (Å²) >= 11 is 0. The Morgan fingerprint density at radius 3 is 2.67 bits per heavy atom. The second kappa shape index (κ2) is 2.19. The molecule has 6 heteroatoms. The van der Waals surface area contributed by atoms with Crippen molar-refractivity contribution in [3.05, 3.63) is 0 Å². The summed E-state index contributed by atoms with van der Waals surface area (Å²) in [4.78, 5) is 18.3. The Morgan fingerprint density at radius 2 is 2.44 bits per heavy atom. The summed E-state index contributed by atoms with van der Waals surface area (Å²) in [5, 5.41) is 0. The molecule has 2 unspecified atom stereocenters. The number of carbonyl (C=O) groups is 1. The maximum absolute atomic E-state index is 10.3. The minimum Gasteiger partial charge on any atom is -0.302 e. The van der Waals surface area contributed by atoms with E-state index < -0.39 is 13.9 Å². The molecule has 52 valence electrons. The normalized spacial score (nSPS) is 43.0. The Bertz CT molecular complexity index is 166. The third-order valence-corrected chi connectivity index (χ3v) is 1.83. The molecule has 0 bridgehead atoms. The molecule has 0 aromatic heterocycles. The maximum Gasteiger partial charge on any atom is 0.473 e. The van der Waals surface area contributed by atoms with Crippen LogP contribution >= 0.6 is 7.82 Å². The van der Waals surface area contributed by atoms with Crippen LogP contribution in [0.5, 0.6) is 0 Å². The largest absolute Gasteiger partial charge is 0.473 e. The summed E-state index contributed by atoms with van der Waals surface area (Å²) in [5.41, 5.74) is 0. The summed E-state index contributed by atoms with van der Waals surface area (Å²) in [6, 6.07) is 0. The monoisotopic (exact) mass is 152 g/mol. The summed E-state index contributed by atoms with van der Waals surface area (Å²) < 4.78 is 18.8. The summed E-state index contributed by atoms with van der Waals surface area (Å²) in [7, 11) is -3.85. The van der Waals surface area contributed by atoms with Gasteiger partial charge in [0, 0.05) is 0 Å². The average Bonchev–Trinajstić information content (AvgIpc) is 2.10. The van der Waals surface area contributed by atoms with Gasteiger partial charge in [0.2, 0.25) is 0 Å². The fraction of sp³-hybridized carbons (Fsp3) is 0.667. The number of rotatable bonds is 1. The molecular weight excluding hydrogens is 147 g/mol. The van der Waals surface area contributed by atoms with Crippen molar-refractivity contribution in [2.45, 2.75) is 6.10 Å². The van der Waals surface area contributed by atoms with Crippen LogP contribution in [0.3, 0.4) is 0 Å². The molecule has 1 aliphatic heterocycles. The van der Waals surface area contributed by atoms with E-state index >= 15 is 0 Å². The van der Waals surface area contributed by atoms with Crippen LogP contribution in [0.1, 0.15) is 0 Å². The van der Waals surface area contributed by atoms with E-state index in [0.717, 1.165) is 0 Å². The number of phosphoric ester groups is 1. The molecule has 1 heterocycles. The van der Waals surface area contributed by atoms with Gasteiger partial charge in [-0.3, -0.25) is 9.05 Å². The first-order valence-corrected chi connectivity index (χ1v) is 3.74. The van der Waals surface area contributed by atoms with Gasteiger partial charge in [0.15, 0.2) is 6.29 Å². The van der Waals surface area contributed by atoms with Crippen molar-refractivity contribution in [1.29, 1.82) is 0 Å². The number of carbonyl (C=O) groups excluding carboxylic acids is 1. The Balaban J connectivity index is 2.57. The third-order valence-electron chi connectivity index (χ3n) is 0.822. The lowest BCUT2D eigenvalue weighted by Gasteiger charge is -1.96. The topological polar surface area (TPSA) is 72.8 Å². The van der Waals surface area contributed by atoms with Crippen LogP contribution < -0.4 is 0 Å². The van der Waals surface area contributed by atoms with Gasteiger partial charge < -0.3 is 9.69 Å². The van der Waals surface area contributed by atoms with E-state index in [1.807, 2.05) is 0 Å². The minimum atomic E-state index is -3.85. The molecule has 5 nitrogen and oxygen atoms in total. The van der Waals surface area contributed by atoms with E-state index in [1.165, 1.54) is 0 Å². The zero-order chi connectivity index (χ0) is 6.91. The van der Waals surface area contributed by atoms with Gasteiger partial charge in [-0.1, -0.05) is 0 Å². The van der Waals surface area contributed by atoms with E-state index in [0.29, 0.717) is 6.29 Å². The number of phosphoric acid groups is 1. The Hall–Kier alpha value is -0.220. The van der Waals surface area contributed by atoms with Crippen molar-refractivity contribution in [2.24, 2.45) is 0 Å². The van der Waals surface area contributed by atoms with Gasteiger partial charge in [-0.25, -0.2) is 4.57 Å². The van der Waals surface area contributed by atoms with Crippen LogP contribution in [0.25, 0.3) is 0 Å². The van der Waals surface area contributed by atoms with Gasteiger partial charge in [-0.05, 0) is 0 Å². The molecule has 0 aromatic rings. The van der Waals surface area contributed by atoms with Crippen LogP contribution in [0.15, 0.2) is 0 Å². The molecule has 9 heavy (non-hydrogen) atoms. The molecule has 2 atom stereocenters. The van der Waals surface area contributed by atoms with Crippen LogP contribution in [0.4, 0.5) is 0 Å². The van der Waals surface area contributed by atoms with Gasteiger partial charge in [-0.2, -0.15) is 0 Å². The highest BCUT2D eigenvalue weighted by Gasteiger charge is 2.34. The van der Waals surface area contributed by atoms with E-state index in [1.54, 1.807) is 0 Å². The molecule has 0 radical (unpaired) electrons. The van der Waals surface area contributed by atoms with Gasteiger partial charge in [0.25, 0.3) is 0 Å². The molecule has 0 aliphatic carbocycles. The van der Waals surface area contributed by atoms with E-state index in [4.69, 9.17) is 4.89 Å². The fourth-order valence-corrected chi connectivity index (χ4v) is 1.31. The second-order valence-electron chi connectivity index (χ2n) is 1.54. The predicted molar refractivity (Wildman–Crippen MR) is 26.7 cm³/mol. The van der Waals surface area contributed by atoms with Gasteiger partial charge >= 0.3 is 7.82 Å². The number of hydrogen-bond donors (Lipinski definition) is 1. The van der Waals surface area contributed by atoms with Crippen molar-refractivity contribution in [3.63, 3.8) is 0 Å². The van der Waals surface area contributed by atoms with Crippen molar-refractivity contribution >= 4 is 14.1 Å². The fourth-order valence-electron chi connectivity index (χ4n) is 0.464. The lowest BCUT2D eigenvalue weighted by Crippen LogP contribution is -2.09. The van der Waals surface area contributed by atoms with Crippen molar-refractivity contribution < 1.29 is 23.3 Å². The highest BCUT2D eigenvalue weighted by atomic mass is 31.2. The minimum absolute atomic E-state index is 0.128. The van der Waals surface area contributed by atoms with Gasteiger partial charge in [0.1, 0.15) is 6.10 Å². The highest BCUT2D eigenvalue weighted by Crippen LogP contribution is 2.48. The van der Waals surface area contributed by atoms with Crippen molar-refractivity contribution in [2.75, 3.05) is 6.61 Å². The number of hydrogen-bond acceptors (Lipinski definition) is 4. The van der Waals surface area contributed by atoms with Crippen molar-refractivity contribution in [3.8, 4) is 0 Å². The first-order valence-electron chi connectivity index (χ1n) is 2.25. The van der Waals surface area contributed by atoms with Crippen LogP contribution in [-0.2, 0) is 18.4 Å². The summed E-state index contributed by atoms with van der Waals surface area (Å²) in [6.45, 7) is -0.128. The van der Waals surface area contributed by atoms with Gasteiger partial charge in [0.05, 0.1) is 6.61 Å². The first-order chi connectivity index (χ1) is 4.14. The molecule has 0 saturated carbocycles. The summed E-state index contributed by atoms with van der Waals surface area (Å²) in [5.74, 6) is 0. The molecule has 1 aliphatic rings. The predicted octanol–water partition coefficient (Wildman–Crippen LogP) is -0.299. The van der Waals surface area contributed by atoms with E-state index in [9.17, 15) is 9.36 Å². The number of aldehydes is 1. The zero-order valence-electron chi connectivity index (χ0n) is 4.39. The molecule has 1 saturated heterocycles. The van der Waals surface area contributed by atoms with E-state index in [2.05, 4.69) is 9.05 Å². The zero-order valence-corrected chi connectivity index (χ0v) is 5.28. The van der Waals surface area contributed by atoms with Crippen LogP contribution in [-0.4, -0.2) is 23.9 Å². The molecule has 0 spiro atoms.